The van der Waals surface area contributed by atoms with E-state index in [1.807, 2.05) is 0 Å². The summed E-state index contributed by atoms with van der Waals surface area (Å²) in [6.07, 6.45) is 5.39. The number of rotatable bonds is 3. The predicted octanol–water partition coefficient (Wildman–Crippen LogP) is 1.85. The molecule has 1 N–H and O–H groups in total. The molecule has 2 aliphatic carbocycles. The quantitative estimate of drug-likeness (QED) is 0.702. The van der Waals surface area contributed by atoms with Crippen LogP contribution in [0.25, 0.3) is 4.85 Å². The third kappa shape index (κ3) is 2.14. The van der Waals surface area contributed by atoms with Gasteiger partial charge in [0.05, 0.1) is 0 Å². The zero-order valence-electron chi connectivity index (χ0n) is 9.20. The van der Waals surface area contributed by atoms with Crippen LogP contribution in [0.4, 0.5) is 0 Å². The molecule has 0 heterocycles. The molecule has 0 aliphatic heterocycles. The van der Waals surface area contributed by atoms with E-state index >= 15 is 0 Å². The number of carbonyl (C=O) groups excluding carboxylic acids is 1. The van der Waals surface area contributed by atoms with E-state index in [9.17, 15) is 4.79 Å². The third-order valence-electron chi connectivity index (χ3n) is 4.05. The lowest BCUT2D eigenvalue weighted by atomic mass is 9.84. The molecule has 0 aromatic rings. The minimum atomic E-state index is -0.111. The van der Waals surface area contributed by atoms with Crippen molar-refractivity contribution in [2.75, 3.05) is 6.54 Å². The van der Waals surface area contributed by atoms with Crippen molar-refractivity contribution in [3.63, 3.8) is 0 Å². The Labute approximate surface area is 91.1 Å². The summed E-state index contributed by atoms with van der Waals surface area (Å²) >= 11 is 0. The topological polar surface area (TPSA) is 33.5 Å². The van der Waals surface area contributed by atoms with Crippen LogP contribution in [0.15, 0.2) is 0 Å². The standard InChI is InChI=1S/C12H18N2O/c1-8(14-12(15)7-13-2)11-6-9-3-4-10(11)5-9/h8-11H,3-7H2,1H3,(H,14,15). The molecule has 0 radical (unpaired) electrons. The van der Waals surface area contributed by atoms with Gasteiger partial charge in [0.25, 0.3) is 12.5 Å². The molecule has 4 unspecified atom stereocenters. The van der Waals surface area contributed by atoms with Crippen molar-refractivity contribution in [2.45, 2.75) is 38.6 Å². The van der Waals surface area contributed by atoms with Crippen molar-refractivity contribution in [3.8, 4) is 0 Å². The van der Waals surface area contributed by atoms with Crippen LogP contribution in [-0.4, -0.2) is 18.5 Å². The van der Waals surface area contributed by atoms with E-state index in [2.05, 4.69) is 17.1 Å². The highest BCUT2D eigenvalue weighted by Gasteiger charge is 2.42. The van der Waals surface area contributed by atoms with Crippen molar-refractivity contribution >= 4 is 5.91 Å². The number of hydrogen-bond donors (Lipinski definition) is 1. The molecule has 4 atom stereocenters. The smallest absolute Gasteiger partial charge is 0.300 e. The minimum Gasteiger partial charge on any atom is -0.347 e. The van der Waals surface area contributed by atoms with E-state index in [1.165, 1.54) is 25.7 Å². The molecule has 0 aromatic carbocycles. The second kappa shape index (κ2) is 4.22. The summed E-state index contributed by atoms with van der Waals surface area (Å²) < 4.78 is 0. The highest BCUT2D eigenvalue weighted by atomic mass is 16.1. The van der Waals surface area contributed by atoms with Gasteiger partial charge in [-0.05, 0) is 43.9 Å². The highest BCUT2D eigenvalue weighted by Crippen LogP contribution is 2.49. The van der Waals surface area contributed by atoms with Gasteiger partial charge in [-0.2, -0.15) is 0 Å². The average Bonchev–Trinajstić information content (AvgIpc) is 2.78. The van der Waals surface area contributed by atoms with Gasteiger partial charge in [0.1, 0.15) is 0 Å². The first-order valence-corrected chi connectivity index (χ1v) is 5.83. The lowest BCUT2D eigenvalue weighted by Crippen LogP contribution is -2.40. The van der Waals surface area contributed by atoms with Gasteiger partial charge in [-0.15, -0.1) is 0 Å². The highest BCUT2D eigenvalue weighted by molar-refractivity contribution is 5.79. The van der Waals surface area contributed by atoms with Gasteiger partial charge in [-0.25, -0.2) is 6.57 Å². The maximum absolute atomic E-state index is 11.3. The molecule has 3 heteroatoms. The van der Waals surface area contributed by atoms with Crippen LogP contribution >= 0.6 is 0 Å². The maximum Gasteiger partial charge on any atom is 0.300 e. The Morgan fingerprint density at radius 3 is 2.87 bits per heavy atom. The van der Waals surface area contributed by atoms with Gasteiger partial charge in [0.2, 0.25) is 0 Å². The van der Waals surface area contributed by atoms with Crippen molar-refractivity contribution in [1.29, 1.82) is 0 Å². The second-order valence-corrected chi connectivity index (χ2v) is 5.01. The number of carbonyl (C=O) groups is 1. The lowest BCUT2D eigenvalue weighted by Gasteiger charge is -2.27. The van der Waals surface area contributed by atoms with Crippen molar-refractivity contribution in [2.24, 2.45) is 17.8 Å². The van der Waals surface area contributed by atoms with Crippen LogP contribution in [-0.2, 0) is 4.79 Å². The van der Waals surface area contributed by atoms with Crippen LogP contribution in [0, 0.1) is 24.3 Å². The number of fused-ring (bicyclic) bond motifs is 2. The van der Waals surface area contributed by atoms with E-state index < -0.39 is 0 Å². The molecule has 0 saturated heterocycles. The van der Waals surface area contributed by atoms with E-state index in [0.29, 0.717) is 5.92 Å². The van der Waals surface area contributed by atoms with Gasteiger partial charge in [0, 0.05) is 6.04 Å². The minimum absolute atomic E-state index is 0.0227. The van der Waals surface area contributed by atoms with Gasteiger partial charge < -0.3 is 10.2 Å². The van der Waals surface area contributed by atoms with Gasteiger partial charge in [-0.1, -0.05) is 6.42 Å². The molecule has 2 rings (SSSR count). The van der Waals surface area contributed by atoms with E-state index in [0.717, 1.165) is 11.8 Å². The lowest BCUT2D eigenvalue weighted by molar-refractivity contribution is -0.120. The zero-order valence-corrected chi connectivity index (χ0v) is 9.20. The van der Waals surface area contributed by atoms with E-state index in [-0.39, 0.29) is 18.5 Å². The fraction of sp³-hybridized carbons (Fsp3) is 0.833. The Balaban J connectivity index is 1.84. The van der Waals surface area contributed by atoms with Crippen molar-refractivity contribution < 1.29 is 4.79 Å². The zero-order chi connectivity index (χ0) is 10.8. The molecule has 2 fully saturated rings. The molecular weight excluding hydrogens is 188 g/mol. The summed E-state index contributed by atoms with van der Waals surface area (Å²) in [7, 11) is 0. The first-order valence-electron chi connectivity index (χ1n) is 5.83. The molecule has 2 saturated carbocycles. The molecule has 2 aliphatic rings. The molecule has 1 amide bonds. The Morgan fingerprint density at radius 1 is 1.53 bits per heavy atom. The third-order valence-corrected chi connectivity index (χ3v) is 4.05. The summed E-state index contributed by atoms with van der Waals surface area (Å²) in [5.74, 6) is 2.30. The first kappa shape index (κ1) is 10.5. The fourth-order valence-corrected chi connectivity index (χ4v) is 3.38. The average molecular weight is 206 g/mol. The molecule has 0 aromatic heterocycles. The molecule has 15 heavy (non-hydrogen) atoms. The Hall–Kier alpha value is -1.04. The molecular formula is C12H18N2O. The SMILES string of the molecule is [C-]#[N+]CC(=O)NC(C)C1CC2CCC1C2. The number of nitrogens with zero attached hydrogens (tertiary/aromatic N) is 1. The maximum atomic E-state index is 11.3. The number of amides is 1. The van der Waals surface area contributed by atoms with Crippen molar-refractivity contribution in [1.82, 2.24) is 5.32 Å². The summed E-state index contributed by atoms with van der Waals surface area (Å²) in [4.78, 5) is 14.4. The summed E-state index contributed by atoms with van der Waals surface area (Å²) in [6, 6.07) is 0.259. The van der Waals surface area contributed by atoms with Gasteiger partial charge >= 0.3 is 0 Å². The molecule has 0 spiro atoms. The summed E-state index contributed by atoms with van der Waals surface area (Å²) in [5.41, 5.74) is 0. The predicted molar refractivity (Wildman–Crippen MR) is 58.0 cm³/mol. The van der Waals surface area contributed by atoms with Crippen LogP contribution in [0.3, 0.4) is 0 Å². The van der Waals surface area contributed by atoms with Crippen LogP contribution in [0.1, 0.15) is 32.6 Å². The first-order chi connectivity index (χ1) is 7.20. The van der Waals surface area contributed by atoms with Gasteiger partial charge in [0.15, 0.2) is 0 Å². The van der Waals surface area contributed by atoms with Gasteiger partial charge in [-0.3, -0.25) is 4.79 Å². The Morgan fingerprint density at radius 2 is 2.33 bits per heavy atom. The normalized spacial score (nSPS) is 34.8. The number of hydrogen-bond acceptors (Lipinski definition) is 1. The summed E-state index contributed by atoms with van der Waals surface area (Å²) in [6.45, 7) is 8.70. The van der Waals surface area contributed by atoms with Crippen LogP contribution < -0.4 is 5.32 Å². The summed E-state index contributed by atoms with van der Waals surface area (Å²) in [5, 5.41) is 2.95. The molecule has 82 valence electrons. The van der Waals surface area contributed by atoms with Crippen LogP contribution in [0.2, 0.25) is 0 Å². The Bertz CT molecular complexity index is 294. The van der Waals surface area contributed by atoms with Crippen molar-refractivity contribution in [3.05, 3.63) is 11.4 Å². The number of nitrogens with one attached hydrogen (secondary N) is 1. The largest absolute Gasteiger partial charge is 0.347 e. The van der Waals surface area contributed by atoms with Crippen LogP contribution in [0.5, 0.6) is 0 Å². The second-order valence-electron chi connectivity index (χ2n) is 5.01. The fourth-order valence-electron chi connectivity index (χ4n) is 3.38. The molecule has 2 bridgehead atoms. The van der Waals surface area contributed by atoms with E-state index in [1.54, 1.807) is 0 Å². The monoisotopic (exact) mass is 206 g/mol. The molecule has 3 nitrogen and oxygen atoms in total. The van der Waals surface area contributed by atoms with E-state index in [4.69, 9.17) is 6.57 Å². The Kier molecular flexibility index (Phi) is 2.95.